The summed E-state index contributed by atoms with van der Waals surface area (Å²) in [4.78, 5) is 0. The zero-order chi connectivity index (χ0) is 17.2. The number of aryl methyl sites for hydroxylation is 1. The average Bonchev–Trinajstić information content (AvgIpc) is 2.62. The highest BCUT2D eigenvalue weighted by Crippen LogP contribution is 2.19. The molecule has 0 N–H and O–H groups in total. The van der Waals surface area contributed by atoms with E-state index in [4.69, 9.17) is 0 Å². The molecule has 1 aromatic rings. The smallest absolute Gasteiger partial charge is 0.0279 e. The van der Waals surface area contributed by atoms with E-state index in [1.54, 1.807) is 5.57 Å². The number of rotatable bonds is 7. The summed E-state index contributed by atoms with van der Waals surface area (Å²) in [5, 5.41) is 0. The van der Waals surface area contributed by atoms with E-state index < -0.39 is 0 Å². The zero-order valence-electron chi connectivity index (χ0n) is 16.0. The molecule has 0 spiro atoms. The van der Waals surface area contributed by atoms with Crippen LogP contribution in [0.25, 0.3) is 0 Å². The highest BCUT2D eigenvalue weighted by atomic mass is 14.1. The Morgan fingerprint density at radius 3 is 2.00 bits per heavy atom. The van der Waals surface area contributed by atoms with Crippen molar-refractivity contribution < 1.29 is 0 Å². The van der Waals surface area contributed by atoms with Crippen LogP contribution in [0.4, 0.5) is 0 Å². The van der Waals surface area contributed by atoms with Gasteiger partial charge in [-0.25, -0.2) is 0 Å². The maximum atomic E-state index is 2.31. The first kappa shape index (κ1) is 21.7. The first-order valence-electron chi connectivity index (χ1n) is 9.75. The molecule has 0 radical (unpaired) electrons. The normalized spacial score (nSPS) is 12.4. The van der Waals surface area contributed by atoms with Crippen LogP contribution < -0.4 is 0 Å². The van der Waals surface area contributed by atoms with Crippen LogP contribution in [0.2, 0.25) is 0 Å². The van der Waals surface area contributed by atoms with Crippen molar-refractivity contribution in [1.82, 2.24) is 0 Å². The maximum Gasteiger partial charge on any atom is -0.0279 e. The Bertz CT molecular complexity index is 397. The molecule has 0 saturated heterocycles. The summed E-state index contributed by atoms with van der Waals surface area (Å²) < 4.78 is 0. The molecule has 0 heteroatoms. The lowest BCUT2D eigenvalue weighted by Gasteiger charge is -2.08. The van der Waals surface area contributed by atoms with Crippen LogP contribution in [0.1, 0.15) is 84.6 Å². The lowest BCUT2D eigenvalue weighted by molar-refractivity contribution is 0.631. The van der Waals surface area contributed by atoms with E-state index in [-0.39, 0.29) is 0 Å². The van der Waals surface area contributed by atoms with Crippen LogP contribution in [-0.4, -0.2) is 0 Å². The lowest BCUT2D eigenvalue weighted by Crippen LogP contribution is -1.89. The minimum atomic E-state index is 1.24. The van der Waals surface area contributed by atoms with E-state index in [0.29, 0.717) is 0 Å². The Labute approximate surface area is 145 Å². The van der Waals surface area contributed by atoms with Gasteiger partial charge in [-0.3, -0.25) is 0 Å². The Morgan fingerprint density at radius 1 is 0.826 bits per heavy atom. The molecule has 0 nitrogen and oxygen atoms in total. The first-order valence-corrected chi connectivity index (χ1v) is 9.75. The summed E-state index contributed by atoms with van der Waals surface area (Å²) >= 11 is 0. The fraction of sp³-hybridized carbons (Fsp3) is 0.565. The molecule has 0 unspecified atom stereocenters. The molecule has 0 saturated carbocycles. The molecule has 0 aliphatic heterocycles. The Kier molecular flexibility index (Phi) is 16.1. The number of hydrogen-bond donors (Lipinski definition) is 0. The van der Waals surface area contributed by atoms with Gasteiger partial charge in [-0.1, -0.05) is 101 Å². The van der Waals surface area contributed by atoms with Gasteiger partial charge in [-0.15, -0.1) is 0 Å². The topological polar surface area (TPSA) is 0 Å². The molecule has 1 aromatic carbocycles. The van der Waals surface area contributed by atoms with Crippen LogP contribution in [0, 0.1) is 0 Å². The van der Waals surface area contributed by atoms with Crippen molar-refractivity contribution in [2.75, 3.05) is 0 Å². The highest BCUT2D eigenvalue weighted by Gasteiger charge is 1.99. The number of hydrogen-bond acceptors (Lipinski definition) is 0. The van der Waals surface area contributed by atoms with Gasteiger partial charge in [0.15, 0.2) is 0 Å². The van der Waals surface area contributed by atoms with E-state index in [9.17, 15) is 0 Å². The third kappa shape index (κ3) is 12.9. The average molecular weight is 315 g/mol. The standard InChI is InChI=1S/C18H24.C3H8.C2H6/c1(5-11-17-13-7-3-8-14-17)2-6-12-18-15-9-4-10-16-18;1-3-2;1-2/h3-4,7-9,13-15H,1-2,5-6,10-12,16H2;3H2,1-2H3;1-2H3. The summed E-state index contributed by atoms with van der Waals surface area (Å²) in [5.41, 5.74) is 3.14. The summed E-state index contributed by atoms with van der Waals surface area (Å²) in [6.07, 6.45) is 18.6. The Hall–Kier alpha value is -1.30. The van der Waals surface area contributed by atoms with E-state index in [2.05, 4.69) is 62.4 Å². The molecule has 0 fully saturated rings. The molecule has 130 valence electrons. The molecule has 1 aliphatic rings. The van der Waals surface area contributed by atoms with Gasteiger partial charge < -0.3 is 0 Å². The van der Waals surface area contributed by atoms with Gasteiger partial charge in [0.1, 0.15) is 0 Å². The second kappa shape index (κ2) is 17.1. The first-order chi connectivity index (χ1) is 11.4. The monoisotopic (exact) mass is 314 g/mol. The van der Waals surface area contributed by atoms with E-state index >= 15 is 0 Å². The van der Waals surface area contributed by atoms with Crippen LogP contribution in [0.3, 0.4) is 0 Å². The van der Waals surface area contributed by atoms with Gasteiger partial charge >= 0.3 is 0 Å². The van der Waals surface area contributed by atoms with Crippen molar-refractivity contribution in [3.8, 4) is 0 Å². The lowest BCUT2D eigenvalue weighted by atomic mass is 9.98. The summed E-state index contributed by atoms with van der Waals surface area (Å²) in [6, 6.07) is 10.8. The van der Waals surface area contributed by atoms with Gasteiger partial charge in [0.25, 0.3) is 0 Å². The summed E-state index contributed by atoms with van der Waals surface area (Å²) in [5.74, 6) is 0. The molecule has 23 heavy (non-hydrogen) atoms. The minimum absolute atomic E-state index is 1.24. The predicted molar refractivity (Wildman–Crippen MR) is 107 cm³/mol. The molecule has 0 amide bonds. The van der Waals surface area contributed by atoms with Gasteiger partial charge in [0.05, 0.1) is 0 Å². The third-order valence-corrected chi connectivity index (χ3v) is 3.66. The minimum Gasteiger partial charge on any atom is -0.0842 e. The molecular weight excluding hydrogens is 276 g/mol. The molecule has 0 heterocycles. The Balaban J connectivity index is 0.000000868. The molecule has 0 aromatic heterocycles. The molecular formula is C23H38. The summed E-state index contributed by atoms with van der Waals surface area (Å²) in [6.45, 7) is 8.25. The van der Waals surface area contributed by atoms with E-state index in [1.807, 2.05) is 13.8 Å². The van der Waals surface area contributed by atoms with E-state index in [0.717, 1.165) is 0 Å². The highest BCUT2D eigenvalue weighted by molar-refractivity contribution is 5.17. The third-order valence-electron chi connectivity index (χ3n) is 3.66. The molecule has 1 aliphatic carbocycles. The zero-order valence-corrected chi connectivity index (χ0v) is 16.0. The summed E-state index contributed by atoms with van der Waals surface area (Å²) in [7, 11) is 0. The SMILES string of the molecule is C1=CCCC(CCCCCCc2ccccc2)=C1.CC.CCC. The van der Waals surface area contributed by atoms with Gasteiger partial charge in [0, 0.05) is 0 Å². The molecule has 2 rings (SSSR count). The van der Waals surface area contributed by atoms with E-state index in [1.165, 1.54) is 63.4 Å². The van der Waals surface area contributed by atoms with Crippen molar-refractivity contribution >= 4 is 0 Å². The van der Waals surface area contributed by atoms with Crippen molar-refractivity contribution in [2.24, 2.45) is 0 Å². The van der Waals surface area contributed by atoms with Crippen LogP contribution >= 0.6 is 0 Å². The van der Waals surface area contributed by atoms with Gasteiger partial charge in [0.2, 0.25) is 0 Å². The van der Waals surface area contributed by atoms with Gasteiger partial charge in [-0.05, 0) is 44.1 Å². The second-order valence-electron chi connectivity index (χ2n) is 5.90. The maximum absolute atomic E-state index is 2.31. The van der Waals surface area contributed by atoms with Crippen LogP contribution in [0.15, 0.2) is 54.1 Å². The predicted octanol–water partition coefficient (Wildman–Crippen LogP) is 7.90. The largest absolute Gasteiger partial charge is 0.0842 e. The van der Waals surface area contributed by atoms with Crippen molar-refractivity contribution in [2.45, 2.75) is 85.5 Å². The Morgan fingerprint density at radius 2 is 1.43 bits per heavy atom. The van der Waals surface area contributed by atoms with Crippen molar-refractivity contribution in [3.05, 3.63) is 59.7 Å². The van der Waals surface area contributed by atoms with Crippen molar-refractivity contribution in [1.29, 1.82) is 0 Å². The van der Waals surface area contributed by atoms with Crippen LogP contribution in [0.5, 0.6) is 0 Å². The fourth-order valence-electron chi connectivity index (χ4n) is 2.54. The number of benzene rings is 1. The quantitative estimate of drug-likeness (QED) is 0.449. The molecule has 0 atom stereocenters. The van der Waals surface area contributed by atoms with Crippen LogP contribution in [-0.2, 0) is 6.42 Å². The fourth-order valence-corrected chi connectivity index (χ4v) is 2.54. The van der Waals surface area contributed by atoms with Gasteiger partial charge in [-0.2, -0.15) is 0 Å². The second-order valence-corrected chi connectivity index (χ2v) is 5.90. The number of allylic oxidation sites excluding steroid dienone is 4. The van der Waals surface area contributed by atoms with Crippen molar-refractivity contribution in [3.63, 3.8) is 0 Å². The molecule has 0 bridgehead atoms. The number of unbranched alkanes of at least 4 members (excludes halogenated alkanes) is 3.